The Kier molecular flexibility index (Phi) is 22.5. The number of amides is 8. The Bertz CT molecular complexity index is 2010. The summed E-state index contributed by atoms with van der Waals surface area (Å²) < 4.78 is 5.77. The topological polar surface area (TPSA) is 241 Å². The van der Waals surface area contributed by atoms with Crippen molar-refractivity contribution in [1.82, 2.24) is 40.9 Å². The van der Waals surface area contributed by atoms with Gasteiger partial charge in [-0.25, -0.2) is 0 Å². The molecule has 4 N–H and O–H groups in total. The molecular formula is C50H80N8O11. The molecule has 19 heteroatoms. The molecule has 1 aliphatic rings. The number of likely N-dealkylation sites (N-methyl/N-ethyl adjacent to an activating group) is 4. The number of hydrogen-bond donors (Lipinski definition) is 4. The van der Waals surface area contributed by atoms with E-state index in [9.17, 15) is 47.9 Å². The van der Waals surface area contributed by atoms with E-state index in [1.807, 2.05) is 13.8 Å². The number of nitrogens with zero attached hydrogens (tertiary/aromatic N) is 4. The second kappa shape index (κ2) is 26.2. The molecule has 0 saturated carbocycles. The van der Waals surface area contributed by atoms with Gasteiger partial charge < -0.3 is 45.6 Å². The van der Waals surface area contributed by atoms with Gasteiger partial charge in [0.2, 0.25) is 41.4 Å². The first-order valence-electron chi connectivity index (χ1n) is 24.0. The summed E-state index contributed by atoms with van der Waals surface area (Å²) in [6.07, 6.45) is -0.422. The number of ketones is 1. The standard InChI is InChI=1S/C50H80N8O11/c1-17-30(7)41-46(65)52-26-38(59)56(14)36(24-28(3)4)44(63)51-27-39(60)58(16)40(29(5)6)47(66)57(15)37(25-34-22-20-19-21-23-34)45(64)53-32(9)42(61)50(11,12)49(68)55(13)33(10)43(62)54-35(18-2)31(8)48(67)69-41/h19-23,28-33,35-37,40-41H,17-18,24-27H2,1-16H3,(H,51,63)(H,52,65)(H,53,64)(H,54,62)/t30-,31-,32+,33-,35+,36-,37?,40-,41-/m0/s1. The summed E-state index contributed by atoms with van der Waals surface area (Å²) in [6.45, 7) is 18.5. The Morgan fingerprint density at radius 3 is 1.75 bits per heavy atom. The molecule has 1 heterocycles. The van der Waals surface area contributed by atoms with E-state index in [0.717, 1.165) is 4.90 Å². The van der Waals surface area contributed by atoms with E-state index in [4.69, 9.17) is 4.74 Å². The number of carbonyl (C=O) groups is 10. The van der Waals surface area contributed by atoms with E-state index in [1.165, 1.54) is 77.5 Å². The van der Waals surface area contributed by atoms with Gasteiger partial charge in [0, 0.05) is 46.6 Å². The third kappa shape index (κ3) is 15.6. The maximum absolute atomic E-state index is 14.5. The minimum atomic E-state index is -1.77. The third-order valence-corrected chi connectivity index (χ3v) is 13.4. The smallest absolute Gasteiger partial charge is 0.311 e. The molecule has 0 bridgehead atoms. The predicted molar refractivity (Wildman–Crippen MR) is 259 cm³/mol. The lowest BCUT2D eigenvalue weighted by Crippen LogP contribution is -2.60. The summed E-state index contributed by atoms with van der Waals surface area (Å²) in [5, 5.41) is 10.7. The molecule has 9 atom stereocenters. The van der Waals surface area contributed by atoms with Crippen molar-refractivity contribution in [3.05, 3.63) is 35.9 Å². The van der Waals surface area contributed by atoms with Gasteiger partial charge in [0.1, 0.15) is 29.6 Å². The molecule has 1 saturated heterocycles. The van der Waals surface area contributed by atoms with E-state index in [-0.39, 0.29) is 25.2 Å². The maximum atomic E-state index is 14.5. The first kappa shape index (κ1) is 59.2. The van der Waals surface area contributed by atoms with Crippen LogP contribution in [0.5, 0.6) is 0 Å². The van der Waals surface area contributed by atoms with Crippen molar-refractivity contribution >= 4 is 59.0 Å². The maximum Gasteiger partial charge on any atom is 0.311 e. The third-order valence-electron chi connectivity index (χ3n) is 13.4. The Morgan fingerprint density at radius 2 is 1.23 bits per heavy atom. The van der Waals surface area contributed by atoms with Crippen molar-refractivity contribution in [2.24, 2.45) is 29.1 Å². The molecule has 0 spiro atoms. The van der Waals surface area contributed by atoms with Crippen molar-refractivity contribution in [2.75, 3.05) is 41.3 Å². The lowest BCUT2D eigenvalue weighted by Gasteiger charge is -2.37. The number of esters is 1. The number of cyclic esters (lactones) is 1. The first-order chi connectivity index (χ1) is 32.0. The van der Waals surface area contributed by atoms with Gasteiger partial charge in [-0.15, -0.1) is 0 Å². The van der Waals surface area contributed by atoms with Crippen molar-refractivity contribution < 1.29 is 52.7 Å². The molecule has 0 aromatic heterocycles. The van der Waals surface area contributed by atoms with Crippen LogP contribution in [0.4, 0.5) is 0 Å². The SMILES string of the molecule is CC[C@H](C)[C@@H]1OC(=O)[C@@H](C)[C@@H](CC)NC(=O)[C@H](C)N(C)C(=O)C(C)(C)C(=O)[C@@H](C)NC(=O)C(Cc2ccccc2)N(C)C(=O)[C@H](C(C)C)N(C)C(=O)CNC(=O)[C@H](CC(C)C)N(C)C(=O)CNC1=O. The van der Waals surface area contributed by atoms with Gasteiger partial charge >= 0.3 is 5.97 Å². The molecule has 2 rings (SSSR count). The second-order valence-corrected chi connectivity index (χ2v) is 19.8. The van der Waals surface area contributed by atoms with Crippen molar-refractivity contribution in [2.45, 2.75) is 151 Å². The Balaban J connectivity index is 2.69. The first-order valence-corrected chi connectivity index (χ1v) is 24.0. The van der Waals surface area contributed by atoms with Crippen molar-refractivity contribution in [3.8, 4) is 0 Å². The predicted octanol–water partition coefficient (Wildman–Crippen LogP) is 2.09. The van der Waals surface area contributed by atoms with Gasteiger partial charge in [0.25, 0.3) is 5.91 Å². The normalized spacial score (nSPS) is 27.2. The van der Waals surface area contributed by atoms with Gasteiger partial charge in [-0.05, 0) is 71.3 Å². The monoisotopic (exact) mass is 969 g/mol. The summed E-state index contributed by atoms with van der Waals surface area (Å²) in [4.78, 5) is 144. The number of nitrogens with one attached hydrogen (secondary N) is 4. The molecule has 8 amide bonds. The highest BCUT2D eigenvalue weighted by Crippen LogP contribution is 2.25. The number of carbonyl (C=O) groups excluding carboxylic acids is 10. The quantitative estimate of drug-likeness (QED) is 0.217. The van der Waals surface area contributed by atoms with Crippen molar-refractivity contribution in [3.63, 3.8) is 0 Å². The van der Waals surface area contributed by atoms with Crippen LogP contribution in [0.25, 0.3) is 0 Å². The average molecular weight is 969 g/mol. The molecular weight excluding hydrogens is 889 g/mol. The minimum absolute atomic E-state index is 0.0206. The van der Waals surface area contributed by atoms with Crippen molar-refractivity contribution in [1.29, 1.82) is 0 Å². The molecule has 19 nitrogen and oxygen atoms in total. The highest BCUT2D eigenvalue weighted by molar-refractivity contribution is 6.09. The van der Waals surface area contributed by atoms with Gasteiger partial charge in [0.15, 0.2) is 11.9 Å². The molecule has 1 aliphatic heterocycles. The van der Waals surface area contributed by atoms with Crippen LogP contribution in [0, 0.1) is 29.1 Å². The summed E-state index contributed by atoms with van der Waals surface area (Å²) >= 11 is 0. The molecule has 0 aliphatic carbocycles. The fourth-order valence-corrected chi connectivity index (χ4v) is 8.25. The van der Waals surface area contributed by atoms with Gasteiger partial charge in [-0.3, -0.25) is 47.9 Å². The molecule has 1 unspecified atom stereocenters. The summed E-state index contributed by atoms with van der Waals surface area (Å²) in [7, 11) is 5.62. The Labute approximate surface area is 408 Å². The van der Waals surface area contributed by atoms with Crippen LogP contribution in [0.15, 0.2) is 30.3 Å². The molecule has 386 valence electrons. The van der Waals surface area contributed by atoms with Crippen LogP contribution in [-0.2, 0) is 59.1 Å². The average Bonchev–Trinajstić information content (AvgIpc) is 3.31. The van der Waals surface area contributed by atoms with E-state index >= 15 is 0 Å². The number of hydrogen-bond acceptors (Lipinski definition) is 11. The van der Waals surface area contributed by atoms with E-state index < -0.39 is 138 Å². The fourth-order valence-electron chi connectivity index (χ4n) is 8.25. The van der Waals surface area contributed by atoms with E-state index in [0.29, 0.717) is 12.0 Å². The molecule has 0 radical (unpaired) electrons. The zero-order valence-electron chi connectivity index (χ0n) is 43.8. The highest BCUT2D eigenvalue weighted by Gasteiger charge is 2.45. The molecule has 69 heavy (non-hydrogen) atoms. The van der Waals surface area contributed by atoms with Gasteiger partial charge in [0.05, 0.1) is 25.0 Å². The van der Waals surface area contributed by atoms with Crippen LogP contribution in [-0.4, -0.2) is 162 Å². The number of ether oxygens (including phenoxy) is 1. The zero-order chi connectivity index (χ0) is 52.8. The lowest BCUT2D eigenvalue weighted by molar-refractivity contribution is -0.164. The second-order valence-electron chi connectivity index (χ2n) is 19.8. The largest absolute Gasteiger partial charge is 0.452 e. The van der Waals surface area contributed by atoms with Gasteiger partial charge in [-0.2, -0.15) is 0 Å². The fraction of sp³-hybridized carbons (Fsp3) is 0.680. The summed E-state index contributed by atoms with van der Waals surface area (Å²) in [6, 6.07) is 2.32. The zero-order valence-corrected chi connectivity index (χ0v) is 43.8. The molecule has 1 aromatic rings. The van der Waals surface area contributed by atoms with Crippen LogP contribution in [0.3, 0.4) is 0 Å². The van der Waals surface area contributed by atoms with Crippen LogP contribution in [0.1, 0.15) is 108 Å². The lowest BCUT2D eigenvalue weighted by atomic mass is 9.82. The number of Topliss-reactive ketones (excluding diaryl/α,β-unsaturated/α-hetero) is 1. The van der Waals surface area contributed by atoms with Crippen LogP contribution in [0.2, 0.25) is 0 Å². The summed E-state index contributed by atoms with van der Waals surface area (Å²) in [5.74, 6) is -8.81. The Morgan fingerprint density at radius 1 is 0.681 bits per heavy atom. The number of benzene rings is 1. The molecule has 1 aromatic carbocycles. The Hall–Kier alpha value is -5.88. The minimum Gasteiger partial charge on any atom is -0.452 e. The molecule has 1 fully saturated rings. The van der Waals surface area contributed by atoms with E-state index in [2.05, 4.69) is 21.3 Å². The van der Waals surface area contributed by atoms with Gasteiger partial charge in [-0.1, -0.05) is 78.8 Å². The highest BCUT2D eigenvalue weighted by atomic mass is 16.5. The van der Waals surface area contributed by atoms with E-state index in [1.54, 1.807) is 65.0 Å². The van der Waals surface area contributed by atoms with Crippen LogP contribution >= 0.6 is 0 Å². The number of rotatable bonds is 8. The summed E-state index contributed by atoms with van der Waals surface area (Å²) in [5.41, 5.74) is -1.07. The van der Waals surface area contributed by atoms with Crippen LogP contribution < -0.4 is 21.3 Å².